The average Bonchev–Trinajstić information content (AvgIpc) is 3.40. The number of benzene rings is 1. The molecule has 0 spiro atoms. The normalized spacial score (nSPS) is 22.1. The number of carbonyl (C=O) groups excluding carboxylic acids is 1. The van der Waals surface area contributed by atoms with E-state index in [-0.39, 0.29) is 11.9 Å². The highest BCUT2D eigenvalue weighted by Gasteiger charge is 2.36. The Hall–Kier alpha value is -2.61. The molecule has 1 amide bonds. The minimum absolute atomic E-state index is 0.0254. The molecule has 0 radical (unpaired) electrons. The summed E-state index contributed by atoms with van der Waals surface area (Å²) in [6, 6.07) is 6.23. The van der Waals surface area contributed by atoms with Crippen LogP contribution in [0.25, 0.3) is 0 Å². The van der Waals surface area contributed by atoms with Crippen LogP contribution in [0.4, 0.5) is 0 Å². The van der Waals surface area contributed by atoms with Crippen LogP contribution in [0.5, 0.6) is 11.5 Å². The summed E-state index contributed by atoms with van der Waals surface area (Å²) in [5, 5.41) is 12.0. The van der Waals surface area contributed by atoms with Crippen LogP contribution in [0.3, 0.4) is 0 Å². The first-order valence-electron chi connectivity index (χ1n) is 10.6. The lowest BCUT2D eigenvalue weighted by atomic mass is 10.0. The third-order valence-electron chi connectivity index (χ3n) is 6.25. The zero-order valence-electron chi connectivity index (χ0n) is 16.8. The van der Waals surface area contributed by atoms with Gasteiger partial charge in [-0.05, 0) is 51.8 Å². The third kappa shape index (κ3) is 3.25. The van der Waals surface area contributed by atoms with Crippen molar-refractivity contribution in [1.82, 2.24) is 25.2 Å². The van der Waals surface area contributed by atoms with Gasteiger partial charge in [-0.1, -0.05) is 17.3 Å². The maximum Gasteiger partial charge on any atom is 0.276 e. The van der Waals surface area contributed by atoms with Gasteiger partial charge in [-0.2, -0.15) is 0 Å². The number of likely N-dealkylation sites (tertiary alicyclic amines) is 1. The number of amides is 1. The predicted octanol–water partition coefficient (Wildman–Crippen LogP) is 2.26. The van der Waals surface area contributed by atoms with Gasteiger partial charge in [0.25, 0.3) is 5.91 Å². The van der Waals surface area contributed by atoms with Crippen LogP contribution in [0.15, 0.2) is 18.2 Å². The second-order valence-corrected chi connectivity index (χ2v) is 7.98. The second-order valence-electron chi connectivity index (χ2n) is 7.98. The quantitative estimate of drug-likeness (QED) is 0.856. The fourth-order valence-electron chi connectivity index (χ4n) is 4.76. The third-order valence-corrected chi connectivity index (χ3v) is 6.25. The maximum atomic E-state index is 13.4. The molecule has 8 heteroatoms. The van der Waals surface area contributed by atoms with Gasteiger partial charge in [0.1, 0.15) is 13.2 Å². The number of rotatable bonds is 3. The minimum Gasteiger partial charge on any atom is -0.486 e. The Morgan fingerprint density at radius 3 is 2.86 bits per heavy atom. The van der Waals surface area contributed by atoms with E-state index in [4.69, 9.17) is 9.47 Å². The van der Waals surface area contributed by atoms with Crippen molar-refractivity contribution in [2.75, 3.05) is 32.8 Å². The molecule has 154 valence electrons. The smallest absolute Gasteiger partial charge is 0.276 e. The number of para-hydroxylation sites is 1. The van der Waals surface area contributed by atoms with E-state index < -0.39 is 0 Å². The van der Waals surface area contributed by atoms with Crippen LogP contribution in [-0.4, -0.2) is 58.6 Å². The van der Waals surface area contributed by atoms with Gasteiger partial charge in [-0.3, -0.25) is 4.79 Å². The molecule has 2 fully saturated rings. The Morgan fingerprint density at radius 1 is 1.17 bits per heavy atom. The Morgan fingerprint density at radius 2 is 2.00 bits per heavy atom. The molecule has 1 aromatic heterocycles. The fraction of sp³-hybridized carbons (Fsp3) is 0.571. The van der Waals surface area contributed by atoms with Gasteiger partial charge < -0.3 is 19.7 Å². The van der Waals surface area contributed by atoms with Crippen LogP contribution >= 0.6 is 0 Å². The lowest BCUT2D eigenvalue weighted by Gasteiger charge is -2.28. The fourth-order valence-corrected chi connectivity index (χ4v) is 4.76. The van der Waals surface area contributed by atoms with Gasteiger partial charge in [0.05, 0.1) is 17.8 Å². The highest BCUT2D eigenvalue weighted by atomic mass is 16.6. The first-order valence-corrected chi connectivity index (χ1v) is 10.6. The van der Waals surface area contributed by atoms with Gasteiger partial charge in [0.15, 0.2) is 17.2 Å². The molecule has 0 bridgehead atoms. The maximum absolute atomic E-state index is 13.4. The number of ether oxygens (including phenoxy) is 2. The van der Waals surface area contributed by atoms with Crippen LogP contribution < -0.4 is 14.8 Å². The molecule has 3 aliphatic rings. The first kappa shape index (κ1) is 18.4. The van der Waals surface area contributed by atoms with E-state index in [2.05, 4.69) is 15.6 Å². The van der Waals surface area contributed by atoms with Crippen LogP contribution in [0, 0.1) is 6.92 Å². The molecule has 3 aliphatic heterocycles. The van der Waals surface area contributed by atoms with Crippen molar-refractivity contribution in [2.24, 2.45) is 0 Å². The van der Waals surface area contributed by atoms with Gasteiger partial charge in [0.2, 0.25) is 0 Å². The van der Waals surface area contributed by atoms with Crippen LogP contribution in [-0.2, 0) is 0 Å². The summed E-state index contributed by atoms with van der Waals surface area (Å²) in [5.41, 5.74) is 2.36. The summed E-state index contributed by atoms with van der Waals surface area (Å²) in [6.07, 6.45) is 3.89. The number of carbonyl (C=O) groups is 1. The van der Waals surface area contributed by atoms with E-state index >= 15 is 0 Å². The summed E-state index contributed by atoms with van der Waals surface area (Å²) >= 11 is 0. The molecule has 1 aromatic carbocycles. The summed E-state index contributed by atoms with van der Waals surface area (Å²) < 4.78 is 13.6. The SMILES string of the molecule is Cc1c(C(=O)N2CCCC2c2cccc3c2OCCO3)nnn1C1CCNCC1. The number of hydrogen-bond acceptors (Lipinski definition) is 6. The van der Waals surface area contributed by atoms with Crippen LogP contribution in [0.1, 0.15) is 59.5 Å². The molecule has 1 unspecified atom stereocenters. The minimum atomic E-state index is -0.0421. The molecule has 5 rings (SSSR count). The molecular weight excluding hydrogens is 370 g/mol. The summed E-state index contributed by atoms with van der Waals surface area (Å²) in [5.74, 6) is 1.50. The molecule has 4 heterocycles. The van der Waals surface area contributed by atoms with Crippen molar-refractivity contribution in [3.63, 3.8) is 0 Å². The van der Waals surface area contributed by atoms with E-state index in [0.717, 1.165) is 61.5 Å². The summed E-state index contributed by atoms with van der Waals surface area (Å²) in [7, 11) is 0. The number of piperidine rings is 1. The Labute approximate surface area is 170 Å². The molecule has 2 aromatic rings. The van der Waals surface area contributed by atoms with E-state index in [1.54, 1.807) is 0 Å². The number of fused-ring (bicyclic) bond motifs is 1. The van der Waals surface area contributed by atoms with E-state index in [9.17, 15) is 4.79 Å². The summed E-state index contributed by atoms with van der Waals surface area (Å²) in [6.45, 7) is 5.72. The zero-order chi connectivity index (χ0) is 19.8. The van der Waals surface area contributed by atoms with Crippen molar-refractivity contribution in [3.8, 4) is 11.5 Å². The van der Waals surface area contributed by atoms with E-state index in [1.807, 2.05) is 34.7 Å². The lowest BCUT2D eigenvalue weighted by Crippen LogP contribution is -2.32. The van der Waals surface area contributed by atoms with E-state index in [1.165, 1.54) is 0 Å². The zero-order valence-corrected chi connectivity index (χ0v) is 16.8. The van der Waals surface area contributed by atoms with Crippen molar-refractivity contribution in [1.29, 1.82) is 0 Å². The largest absolute Gasteiger partial charge is 0.486 e. The molecule has 0 saturated carbocycles. The van der Waals surface area contributed by atoms with Gasteiger partial charge in [-0.15, -0.1) is 5.10 Å². The monoisotopic (exact) mass is 397 g/mol. The Kier molecular flexibility index (Phi) is 4.87. The standard InChI is InChI=1S/C21H27N5O3/c1-14-19(23-24-26(14)15-7-9-22-10-8-15)21(27)25-11-3-5-17(25)16-4-2-6-18-20(16)29-13-12-28-18/h2,4,6,15,17,22H,3,5,7-13H2,1H3. The van der Waals surface area contributed by atoms with Gasteiger partial charge in [-0.25, -0.2) is 4.68 Å². The molecular formula is C21H27N5O3. The van der Waals surface area contributed by atoms with Gasteiger partial charge >= 0.3 is 0 Å². The molecule has 8 nitrogen and oxygen atoms in total. The molecule has 2 saturated heterocycles. The highest BCUT2D eigenvalue weighted by Crippen LogP contribution is 2.43. The molecule has 0 aliphatic carbocycles. The number of nitrogens with one attached hydrogen (secondary N) is 1. The van der Waals surface area contributed by atoms with Crippen molar-refractivity contribution in [2.45, 2.75) is 44.7 Å². The average molecular weight is 397 g/mol. The van der Waals surface area contributed by atoms with Crippen LogP contribution in [0.2, 0.25) is 0 Å². The van der Waals surface area contributed by atoms with E-state index in [0.29, 0.717) is 31.5 Å². The Bertz CT molecular complexity index is 906. The topological polar surface area (TPSA) is 81.5 Å². The molecule has 29 heavy (non-hydrogen) atoms. The van der Waals surface area contributed by atoms with Crippen molar-refractivity contribution in [3.05, 3.63) is 35.2 Å². The highest BCUT2D eigenvalue weighted by molar-refractivity contribution is 5.93. The second kappa shape index (κ2) is 7.67. The van der Waals surface area contributed by atoms with Crippen molar-refractivity contribution >= 4 is 5.91 Å². The molecule has 1 atom stereocenters. The number of hydrogen-bond donors (Lipinski definition) is 1. The molecule has 1 N–H and O–H groups in total. The van der Waals surface area contributed by atoms with Gasteiger partial charge in [0, 0.05) is 12.1 Å². The Balaban J connectivity index is 1.42. The lowest BCUT2D eigenvalue weighted by molar-refractivity contribution is 0.0724. The number of aromatic nitrogens is 3. The summed E-state index contributed by atoms with van der Waals surface area (Å²) in [4.78, 5) is 15.4. The predicted molar refractivity (Wildman–Crippen MR) is 106 cm³/mol. The number of nitrogens with zero attached hydrogens (tertiary/aromatic N) is 4. The first-order chi connectivity index (χ1) is 14.2. The van der Waals surface area contributed by atoms with Crippen molar-refractivity contribution < 1.29 is 14.3 Å².